The number of halogens is 1. The zero-order valence-corrected chi connectivity index (χ0v) is 11.6. The molecule has 0 unspecified atom stereocenters. The third kappa shape index (κ3) is 3.99. The molecule has 1 aromatic rings. The SMILES string of the molecule is CCN(CC(C)(C)O)C(=O)c1ccc(F)c([N+](=O)[O-])c1. The Morgan fingerprint density at radius 2 is 2.10 bits per heavy atom. The summed E-state index contributed by atoms with van der Waals surface area (Å²) in [7, 11) is 0. The van der Waals surface area contributed by atoms with Gasteiger partial charge >= 0.3 is 5.69 Å². The van der Waals surface area contributed by atoms with Crippen LogP contribution in [0.15, 0.2) is 18.2 Å². The number of hydrogen-bond donors (Lipinski definition) is 1. The second kappa shape index (κ2) is 5.96. The van der Waals surface area contributed by atoms with E-state index in [0.29, 0.717) is 6.54 Å². The molecule has 0 atom stereocenters. The average molecular weight is 284 g/mol. The van der Waals surface area contributed by atoms with Crippen molar-refractivity contribution in [2.75, 3.05) is 13.1 Å². The van der Waals surface area contributed by atoms with Gasteiger partial charge in [-0.05, 0) is 32.9 Å². The fourth-order valence-electron chi connectivity index (χ4n) is 1.76. The lowest BCUT2D eigenvalue weighted by Gasteiger charge is -2.28. The minimum absolute atomic E-state index is 0.0178. The van der Waals surface area contributed by atoms with Crippen LogP contribution in [0, 0.1) is 15.9 Å². The molecule has 1 N–H and O–H groups in total. The predicted octanol–water partition coefficient (Wildman–Crippen LogP) is 1.97. The van der Waals surface area contributed by atoms with E-state index in [9.17, 15) is 24.4 Å². The lowest BCUT2D eigenvalue weighted by Crippen LogP contribution is -2.42. The van der Waals surface area contributed by atoms with E-state index in [4.69, 9.17) is 0 Å². The molecule has 1 aromatic carbocycles. The molecule has 7 heteroatoms. The number of hydrogen-bond acceptors (Lipinski definition) is 4. The van der Waals surface area contributed by atoms with Crippen molar-refractivity contribution in [3.05, 3.63) is 39.7 Å². The number of amides is 1. The first-order valence-corrected chi connectivity index (χ1v) is 6.11. The number of nitro benzene ring substituents is 1. The number of aliphatic hydroxyl groups is 1. The molecule has 1 rings (SSSR count). The largest absolute Gasteiger partial charge is 0.389 e. The topological polar surface area (TPSA) is 83.7 Å². The van der Waals surface area contributed by atoms with Crippen LogP contribution >= 0.6 is 0 Å². The fraction of sp³-hybridized carbons (Fsp3) is 0.462. The van der Waals surface area contributed by atoms with Gasteiger partial charge in [0.15, 0.2) is 0 Å². The number of likely N-dealkylation sites (N-methyl/N-ethyl adjacent to an activating group) is 1. The lowest BCUT2D eigenvalue weighted by atomic mass is 10.1. The summed E-state index contributed by atoms with van der Waals surface area (Å²) in [6.07, 6.45) is 0. The summed E-state index contributed by atoms with van der Waals surface area (Å²) in [5.41, 5.74) is -1.81. The second-order valence-electron chi connectivity index (χ2n) is 5.06. The van der Waals surface area contributed by atoms with Crippen LogP contribution in [0.25, 0.3) is 0 Å². The van der Waals surface area contributed by atoms with Crippen LogP contribution in [0.1, 0.15) is 31.1 Å². The number of carbonyl (C=O) groups excluding carboxylic acids is 1. The molecule has 20 heavy (non-hydrogen) atoms. The molecule has 0 spiro atoms. The molecule has 0 bridgehead atoms. The Morgan fingerprint density at radius 1 is 1.50 bits per heavy atom. The Hall–Kier alpha value is -2.02. The van der Waals surface area contributed by atoms with Crippen LogP contribution in [0.3, 0.4) is 0 Å². The van der Waals surface area contributed by atoms with Gasteiger partial charge in [-0.3, -0.25) is 14.9 Å². The van der Waals surface area contributed by atoms with Gasteiger partial charge in [0.1, 0.15) is 0 Å². The Bertz CT molecular complexity index is 526. The van der Waals surface area contributed by atoms with Crippen LogP contribution in [0.4, 0.5) is 10.1 Å². The molecule has 0 heterocycles. The summed E-state index contributed by atoms with van der Waals surface area (Å²) in [5, 5.41) is 20.4. The van der Waals surface area contributed by atoms with Crippen LogP contribution in [0.2, 0.25) is 0 Å². The molecule has 0 fully saturated rings. The third-order valence-corrected chi connectivity index (χ3v) is 2.64. The molecular formula is C13H17FN2O4. The van der Waals surface area contributed by atoms with E-state index < -0.39 is 27.9 Å². The van der Waals surface area contributed by atoms with Crippen molar-refractivity contribution in [2.24, 2.45) is 0 Å². The number of rotatable bonds is 5. The molecule has 110 valence electrons. The maximum atomic E-state index is 13.2. The van der Waals surface area contributed by atoms with Gasteiger partial charge < -0.3 is 10.0 Å². The van der Waals surface area contributed by atoms with Crippen molar-refractivity contribution in [1.29, 1.82) is 0 Å². The number of nitro groups is 1. The van der Waals surface area contributed by atoms with E-state index in [1.165, 1.54) is 11.0 Å². The number of benzene rings is 1. The molecule has 0 aliphatic carbocycles. The first-order chi connectivity index (χ1) is 9.15. The smallest absolute Gasteiger partial charge is 0.305 e. The van der Waals surface area contributed by atoms with Gasteiger partial charge in [0, 0.05) is 24.7 Å². The molecule has 0 saturated heterocycles. The van der Waals surface area contributed by atoms with E-state index in [-0.39, 0.29) is 12.1 Å². The van der Waals surface area contributed by atoms with Gasteiger partial charge in [-0.15, -0.1) is 0 Å². The molecule has 1 amide bonds. The second-order valence-corrected chi connectivity index (χ2v) is 5.06. The van der Waals surface area contributed by atoms with Gasteiger partial charge in [-0.2, -0.15) is 4.39 Å². The Balaban J connectivity index is 3.07. The third-order valence-electron chi connectivity index (χ3n) is 2.64. The van der Waals surface area contributed by atoms with Crippen LogP contribution < -0.4 is 0 Å². The quantitative estimate of drug-likeness (QED) is 0.661. The van der Waals surface area contributed by atoms with Crippen LogP contribution in [-0.2, 0) is 0 Å². The van der Waals surface area contributed by atoms with Gasteiger partial charge in [0.2, 0.25) is 5.82 Å². The number of nitrogens with zero attached hydrogens (tertiary/aromatic N) is 2. The standard InChI is InChI=1S/C13H17FN2O4/c1-4-15(8-13(2,3)18)12(17)9-5-6-10(14)11(7-9)16(19)20/h5-7,18H,4,8H2,1-3H3. The van der Waals surface area contributed by atoms with E-state index in [1.54, 1.807) is 20.8 Å². The Kier molecular flexibility index (Phi) is 4.78. The summed E-state index contributed by atoms with van der Waals surface area (Å²) in [6, 6.07) is 2.99. The highest BCUT2D eigenvalue weighted by Gasteiger charge is 2.24. The highest BCUT2D eigenvalue weighted by atomic mass is 19.1. The molecule has 0 aliphatic heterocycles. The summed E-state index contributed by atoms with van der Waals surface area (Å²) in [6.45, 7) is 5.23. The first kappa shape index (κ1) is 16.0. The van der Waals surface area contributed by atoms with E-state index >= 15 is 0 Å². The van der Waals surface area contributed by atoms with Crippen molar-refractivity contribution >= 4 is 11.6 Å². The fourth-order valence-corrected chi connectivity index (χ4v) is 1.76. The van der Waals surface area contributed by atoms with Crippen molar-refractivity contribution < 1.29 is 19.2 Å². The lowest BCUT2D eigenvalue weighted by molar-refractivity contribution is -0.387. The molecular weight excluding hydrogens is 267 g/mol. The van der Waals surface area contributed by atoms with Crippen LogP contribution in [-0.4, -0.2) is 39.5 Å². The predicted molar refractivity (Wildman–Crippen MR) is 70.9 cm³/mol. The van der Waals surface area contributed by atoms with Crippen molar-refractivity contribution in [3.63, 3.8) is 0 Å². The molecule has 6 nitrogen and oxygen atoms in total. The van der Waals surface area contributed by atoms with Gasteiger partial charge in [-0.1, -0.05) is 0 Å². The van der Waals surface area contributed by atoms with E-state index in [1.807, 2.05) is 0 Å². The Morgan fingerprint density at radius 3 is 2.55 bits per heavy atom. The average Bonchev–Trinajstić information content (AvgIpc) is 2.34. The van der Waals surface area contributed by atoms with E-state index in [0.717, 1.165) is 12.1 Å². The summed E-state index contributed by atoms with van der Waals surface area (Å²) in [5.74, 6) is -1.48. The zero-order chi connectivity index (χ0) is 15.5. The normalized spacial score (nSPS) is 11.2. The minimum Gasteiger partial charge on any atom is -0.389 e. The summed E-state index contributed by atoms with van der Waals surface area (Å²) >= 11 is 0. The maximum absolute atomic E-state index is 13.2. The molecule has 0 aliphatic rings. The maximum Gasteiger partial charge on any atom is 0.305 e. The monoisotopic (exact) mass is 284 g/mol. The number of carbonyl (C=O) groups is 1. The van der Waals surface area contributed by atoms with Gasteiger partial charge in [0.05, 0.1) is 10.5 Å². The zero-order valence-electron chi connectivity index (χ0n) is 11.6. The van der Waals surface area contributed by atoms with Gasteiger partial charge in [-0.25, -0.2) is 0 Å². The van der Waals surface area contributed by atoms with Crippen molar-refractivity contribution in [1.82, 2.24) is 4.90 Å². The molecule has 0 aromatic heterocycles. The van der Waals surface area contributed by atoms with Crippen molar-refractivity contribution in [2.45, 2.75) is 26.4 Å². The molecule has 0 radical (unpaired) electrons. The highest BCUT2D eigenvalue weighted by Crippen LogP contribution is 2.20. The summed E-state index contributed by atoms with van der Waals surface area (Å²) < 4.78 is 13.2. The summed E-state index contributed by atoms with van der Waals surface area (Å²) in [4.78, 5) is 23.3. The molecule has 0 saturated carbocycles. The Labute approximate surface area is 116 Å². The highest BCUT2D eigenvalue weighted by molar-refractivity contribution is 5.94. The first-order valence-electron chi connectivity index (χ1n) is 6.11. The van der Waals surface area contributed by atoms with Crippen LogP contribution in [0.5, 0.6) is 0 Å². The van der Waals surface area contributed by atoms with E-state index in [2.05, 4.69) is 0 Å². The van der Waals surface area contributed by atoms with Gasteiger partial charge in [0.25, 0.3) is 5.91 Å². The van der Waals surface area contributed by atoms with Crippen molar-refractivity contribution in [3.8, 4) is 0 Å². The minimum atomic E-state index is -1.09.